The maximum absolute atomic E-state index is 11.6. The maximum atomic E-state index is 11.6. The smallest absolute Gasteiger partial charge is 0.306 e. The first-order chi connectivity index (χ1) is 12.9. The SMILES string of the molecule is CSc1nc(NCCOC(=O)CC(C)C)c(C#N)c(-c2ccc(C)cc2)n1. The molecule has 0 amide bonds. The number of nitrogens with one attached hydrogen (secondary N) is 1. The third-order valence-electron chi connectivity index (χ3n) is 3.74. The van der Waals surface area contributed by atoms with Crippen LogP contribution in [0.4, 0.5) is 5.82 Å². The number of carbonyl (C=O) groups is 1. The van der Waals surface area contributed by atoms with Crippen LogP contribution >= 0.6 is 11.8 Å². The molecule has 0 atom stereocenters. The number of nitriles is 1. The molecule has 2 aromatic rings. The van der Waals surface area contributed by atoms with Gasteiger partial charge in [0.25, 0.3) is 0 Å². The van der Waals surface area contributed by atoms with Gasteiger partial charge in [-0.3, -0.25) is 4.79 Å². The van der Waals surface area contributed by atoms with E-state index in [0.29, 0.717) is 35.2 Å². The molecule has 1 heterocycles. The van der Waals surface area contributed by atoms with Crippen LogP contribution in [0.1, 0.15) is 31.4 Å². The third-order valence-corrected chi connectivity index (χ3v) is 4.29. The quantitative estimate of drug-likeness (QED) is 0.318. The molecule has 0 spiro atoms. The predicted molar refractivity (Wildman–Crippen MR) is 108 cm³/mol. The van der Waals surface area contributed by atoms with Crippen LogP contribution in [0.3, 0.4) is 0 Å². The van der Waals surface area contributed by atoms with Crippen LogP contribution in [0.25, 0.3) is 11.3 Å². The highest BCUT2D eigenvalue weighted by molar-refractivity contribution is 7.98. The summed E-state index contributed by atoms with van der Waals surface area (Å²) in [5.41, 5.74) is 2.97. The minimum atomic E-state index is -0.222. The van der Waals surface area contributed by atoms with Crippen molar-refractivity contribution < 1.29 is 9.53 Å². The Balaban J connectivity index is 2.18. The zero-order valence-electron chi connectivity index (χ0n) is 16.1. The van der Waals surface area contributed by atoms with Gasteiger partial charge in [-0.05, 0) is 19.1 Å². The summed E-state index contributed by atoms with van der Waals surface area (Å²) in [5.74, 6) is 0.492. The molecule has 0 aliphatic rings. The summed E-state index contributed by atoms with van der Waals surface area (Å²) in [5, 5.41) is 13.3. The number of carbonyl (C=O) groups excluding carboxylic acids is 1. The van der Waals surface area contributed by atoms with Gasteiger partial charge in [-0.25, -0.2) is 9.97 Å². The van der Waals surface area contributed by atoms with Crippen molar-refractivity contribution in [2.45, 2.75) is 32.3 Å². The van der Waals surface area contributed by atoms with E-state index in [4.69, 9.17) is 4.74 Å². The fraction of sp³-hybridized carbons (Fsp3) is 0.400. The summed E-state index contributed by atoms with van der Waals surface area (Å²) in [4.78, 5) is 20.5. The van der Waals surface area contributed by atoms with Gasteiger partial charge in [0, 0.05) is 12.0 Å². The van der Waals surface area contributed by atoms with E-state index >= 15 is 0 Å². The molecular formula is C20H24N4O2S. The Morgan fingerprint density at radius 1 is 1.30 bits per heavy atom. The van der Waals surface area contributed by atoms with Gasteiger partial charge in [0.2, 0.25) is 0 Å². The molecule has 6 nitrogen and oxygen atoms in total. The number of rotatable bonds is 8. The van der Waals surface area contributed by atoms with Crippen molar-refractivity contribution in [3.63, 3.8) is 0 Å². The molecule has 7 heteroatoms. The van der Waals surface area contributed by atoms with Gasteiger partial charge in [0.1, 0.15) is 24.1 Å². The van der Waals surface area contributed by atoms with E-state index in [9.17, 15) is 10.1 Å². The molecular weight excluding hydrogens is 360 g/mol. The number of thioether (sulfide) groups is 1. The number of hydrogen-bond acceptors (Lipinski definition) is 7. The minimum absolute atomic E-state index is 0.217. The number of ether oxygens (including phenoxy) is 1. The molecule has 0 saturated heterocycles. The van der Waals surface area contributed by atoms with E-state index in [0.717, 1.165) is 11.1 Å². The van der Waals surface area contributed by atoms with E-state index in [1.165, 1.54) is 11.8 Å². The van der Waals surface area contributed by atoms with Crippen molar-refractivity contribution in [3.8, 4) is 17.3 Å². The number of hydrogen-bond donors (Lipinski definition) is 1. The Labute approximate surface area is 164 Å². The van der Waals surface area contributed by atoms with Gasteiger partial charge in [0.05, 0.1) is 12.2 Å². The maximum Gasteiger partial charge on any atom is 0.306 e. The highest BCUT2D eigenvalue weighted by Gasteiger charge is 2.16. The summed E-state index contributed by atoms with van der Waals surface area (Å²) < 4.78 is 5.20. The second kappa shape index (κ2) is 9.93. The molecule has 0 saturated carbocycles. The standard InChI is InChI=1S/C20H24N4O2S/c1-13(2)11-17(25)26-10-9-22-19-16(12-21)18(23-20(24-19)27-4)15-7-5-14(3)6-8-15/h5-8,13H,9-11H2,1-4H3,(H,22,23,24). The monoisotopic (exact) mass is 384 g/mol. The second-order valence-electron chi connectivity index (χ2n) is 6.51. The van der Waals surface area contributed by atoms with E-state index in [1.807, 2.05) is 51.3 Å². The summed E-state index contributed by atoms with van der Waals surface area (Å²) in [7, 11) is 0. The molecule has 0 aliphatic carbocycles. The van der Waals surface area contributed by atoms with Crippen molar-refractivity contribution in [2.24, 2.45) is 5.92 Å². The lowest BCUT2D eigenvalue weighted by atomic mass is 10.1. The topological polar surface area (TPSA) is 87.9 Å². The van der Waals surface area contributed by atoms with Gasteiger partial charge >= 0.3 is 5.97 Å². The number of nitrogens with zero attached hydrogens (tertiary/aromatic N) is 3. The highest BCUT2D eigenvalue weighted by Crippen LogP contribution is 2.28. The van der Waals surface area contributed by atoms with Gasteiger partial charge in [-0.2, -0.15) is 5.26 Å². The van der Waals surface area contributed by atoms with E-state index in [2.05, 4.69) is 21.4 Å². The Morgan fingerprint density at radius 2 is 2.00 bits per heavy atom. The fourth-order valence-corrected chi connectivity index (χ4v) is 2.78. The Kier molecular flexibility index (Phi) is 7.62. The van der Waals surface area contributed by atoms with Crippen LogP contribution in [0.15, 0.2) is 29.4 Å². The Bertz CT molecular complexity index is 829. The summed E-state index contributed by atoms with van der Waals surface area (Å²) in [6.45, 7) is 6.54. The van der Waals surface area contributed by atoms with E-state index in [-0.39, 0.29) is 18.5 Å². The van der Waals surface area contributed by atoms with Crippen LogP contribution in [0.5, 0.6) is 0 Å². The van der Waals surface area contributed by atoms with Crippen molar-refractivity contribution in [3.05, 3.63) is 35.4 Å². The van der Waals surface area contributed by atoms with Crippen molar-refractivity contribution in [2.75, 3.05) is 24.7 Å². The van der Waals surface area contributed by atoms with Crippen LogP contribution in [-0.2, 0) is 9.53 Å². The predicted octanol–water partition coefficient (Wildman–Crippen LogP) is 4.05. The Hall–Kier alpha value is -2.59. The molecule has 0 fully saturated rings. The molecule has 1 N–H and O–H groups in total. The third kappa shape index (κ3) is 5.97. The lowest BCUT2D eigenvalue weighted by Gasteiger charge is -2.13. The average molecular weight is 385 g/mol. The molecule has 142 valence electrons. The molecule has 2 rings (SSSR count). The average Bonchev–Trinajstić information content (AvgIpc) is 2.64. The zero-order valence-corrected chi connectivity index (χ0v) is 16.9. The summed E-state index contributed by atoms with van der Waals surface area (Å²) >= 11 is 1.41. The van der Waals surface area contributed by atoms with Gasteiger partial charge in [-0.1, -0.05) is 55.4 Å². The lowest BCUT2D eigenvalue weighted by Crippen LogP contribution is -2.16. The largest absolute Gasteiger partial charge is 0.464 e. The molecule has 0 unspecified atom stereocenters. The number of aromatic nitrogens is 2. The van der Waals surface area contributed by atoms with Gasteiger partial charge in [0.15, 0.2) is 5.16 Å². The number of esters is 1. The van der Waals surface area contributed by atoms with E-state index in [1.54, 1.807) is 0 Å². The highest BCUT2D eigenvalue weighted by atomic mass is 32.2. The van der Waals surface area contributed by atoms with Crippen LogP contribution in [0, 0.1) is 24.2 Å². The van der Waals surface area contributed by atoms with Crippen LogP contribution < -0.4 is 5.32 Å². The molecule has 0 bridgehead atoms. The van der Waals surface area contributed by atoms with Gasteiger partial charge in [-0.15, -0.1) is 0 Å². The molecule has 1 aromatic heterocycles. The van der Waals surface area contributed by atoms with E-state index < -0.39 is 0 Å². The molecule has 0 aliphatic heterocycles. The first-order valence-electron chi connectivity index (χ1n) is 8.77. The Morgan fingerprint density at radius 3 is 2.59 bits per heavy atom. The second-order valence-corrected chi connectivity index (χ2v) is 7.28. The molecule has 1 aromatic carbocycles. The zero-order chi connectivity index (χ0) is 19.8. The van der Waals surface area contributed by atoms with Crippen LogP contribution in [-0.4, -0.2) is 35.3 Å². The lowest BCUT2D eigenvalue weighted by molar-refractivity contribution is -0.144. The molecule has 27 heavy (non-hydrogen) atoms. The van der Waals surface area contributed by atoms with Gasteiger partial charge < -0.3 is 10.1 Å². The van der Waals surface area contributed by atoms with Crippen molar-refractivity contribution in [1.29, 1.82) is 5.26 Å². The summed E-state index contributed by atoms with van der Waals surface area (Å²) in [6.07, 6.45) is 2.28. The first-order valence-corrected chi connectivity index (χ1v) is 9.99. The number of anilines is 1. The van der Waals surface area contributed by atoms with Crippen molar-refractivity contribution in [1.82, 2.24) is 9.97 Å². The molecule has 0 radical (unpaired) electrons. The van der Waals surface area contributed by atoms with Crippen LogP contribution in [0.2, 0.25) is 0 Å². The fourth-order valence-electron chi connectivity index (χ4n) is 2.41. The minimum Gasteiger partial charge on any atom is -0.464 e. The number of benzene rings is 1. The van der Waals surface area contributed by atoms with Crippen molar-refractivity contribution >= 4 is 23.5 Å². The summed E-state index contributed by atoms with van der Waals surface area (Å²) in [6, 6.07) is 10.1. The normalized spacial score (nSPS) is 10.5. The number of aryl methyl sites for hydroxylation is 1. The first kappa shape index (κ1) is 20.7.